The zero-order valence-electron chi connectivity index (χ0n) is 11.2. The molecule has 2 aliphatic rings. The topological polar surface area (TPSA) is 109 Å². The van der Waals surface area contributed by atoms with Crippen LogP contribution >= 0.6 is 0 Å². The number of ether oxygens (including phenoxy) is 3. The largest absolute Gasteiger partial charge is 0.393 e. The smallest absolute Gasteiger partial charge is 0.202 e. The molecule has 2 heterocycles. The Hall–Kier alpha value is -0.280. The first-order valence-corrected chi connectivity index (χ1v) is 6.51. The third-order valence-corrected chi connectivity index (χ3v) is 3.65. The average Bonchev–Trinajstić information content (AvgIpc) is 2.31. The van der Waals surface area contributed by atoms with E-state index in [9.17, 15) is 10.2 Å². The molecule has 0 radical (unpaired) electrons. The predicted octanol–water partition coefficient (Wildman–Crippen LogP) is -1.28. The Morgan fingerprint density at radius 3 is 1.53 bits per heavy atom. The van der Waals surface area contributed by atoms with Gasteiger partial charge in [0.15, 0.2) is 0 Å². The van der Waals surface area contributed by atoms with Crippen molar-refractivity contribution in [2.45, 2.75) is 62.7 Å². The molecule has 0 bridgehead atoms. The zero-order chi connectivity index (χ0) is 14.3. The molecule has 19 heavy (non-hydrogen) atoms. The minimum absolute atomic E-state index is 0.109. The van der Waals surface area contributed by atoms with Gasteiger partial charge in [0, 0.05) is 12.8 Å². The van der Waals surface area contributed by atoms with E-state index in [1.807, 2.05) is 13.8 Å². The maximum Gasteiger partial charge on any atom is 0.202 e. The molecule has 0 saturated carbocycles. The van der Waals surface area contributed by atoms with Gasteiger partial charge in [-0.1, -0.05) is 0 Å². The third-order valence-electron chi connectivity index (χ3n) is 3.65. The summed E-state index contributed by atoms with van der Waals surface area (Å²) in [5, 5.41) is 37.9. The molecule has 2 rings (SSSR count). The van der Waals surface area contributed by atoms with Crippen LogP contribution in [0.2, 0.25) is 0 Å². The molecule has 6 unspecified atom stereocenters. The van der Waals surface area contributed by atoms with Gasteiger partial charge in [-0.2, -0.15) is 0 Å². The minimum atomic E-state index is -1.38. The molecule has 0 amide bonds. The summed E-state index contributed by atoms with van der Waals surface area (Å²) < 4.78 is 16.6. The summed E-state index contributed by atoms with van der Waals surface area (Å²) in [4.78, 5) is 0. The van der Waals surface area contributed by atoms with Crippen molar-refractivity contribution in [2.24, 2.45) is 0 Å². The first kappa shape index (κ1) is 15.1. The van der Waals surface area contributed by atoms with Crippen molar-refractivity contribution in [1.29, 1.82) is 0 Å². The average molecular weight is 278 g/mol. The molecule has 0 aliphatic carbocycles. The highest BCUT2D eigenvalue weighted by molar-refractivity contribution is 4.97. The van der Waals surface area contributed by atoms with Crippen molar-refractivity contribution in [3.05, 3.63) is 0 Å². The Kier molecular flexibility index (Phi) is 4.18. The summed E-state index contributed by atoms with van der Waals surface area (Å²) in [5.74, 6) is -2.77. The van der Waals surface area contributed by atoms with E-state index in [0.29, 0.717) is 12.8 Å². The van der Waals surface area contributed by atoms with Crippen LogP contribution in [-0.2, 0) is 14.2 Å². The van der Waals surface area contributed by atoms with Crippen LogP contribution in [0.5, 0.6) is 0 Å². The van der Waals surface area contributed by atoms with Crippen LogP contribution in [0.4, 0.5) is 0 Å². The summed E-state index contributed by atoms with van der Waals surface area (Å²) >= 11 is 0. The maximum absolute atomic E-state index is 9.85. The quantitative estimate of drug-likeness (QED) is 0.479. The molecule has 7 nitrogen and oxygen atoms in total. The van der Waals surface area contributed by atoms with E-state index in [-0.39, 0.29) is 12.2 Å². The highest BCUT2D eigenvalue weighted by Crippen LogP contribution is 2.46. The van der Waals surface area contributed by atoms with Crippen LogP contribution < -0.4 is 0 Å². The molecule has 6 atom stereocenters. The van der Waals surface area contributed by atoms with Gasteiger partial charge in [0.25, 0.3) is 0 Å². The molecule has 2 fully saturated rings. The van der Waals surface area contributed by atoms with Gasteiger partial charge in [-0.25, -0.2) is 0 Å². The lowest BCUT2D eigenvalue weighted by molar-refractivity contribution is -0.487. The van der Waals surface area contributed by atoms with E-state index >= 15 is 0 Å². The molecular weight excluding hydrogens is 256 g/mol. The van der Waals surface area contributed by atoms with Gasteiger partial charge in [-0.3, -0.25) is 0 Å². The van der Waals surface area contributed by atoms with E-state index < -0.39 is 37.0 Å². The van der Waals surface area contributed by atoms with E-state index in [1.54, 1.807) is 0 Å². The van der Waals surface area contributed by atoms with Crippen molar-refractivity contribution in [2.75, 3.05) is 13.2 Å². The van der Waals surface area contributed by atoms with Gasteiger partial charge in [-0.15, -0.1) is 0 Å². The standard InChI is InChI=1S/C12H22O7/c1-7-3-11(17-7,9(15)5-13)19-12(10(16)6-14)4-8(2)18-12/h7-10,13-16H,3-6H2,1-2H3. The molecule has 2 aliphatic heterocycles. The number of hydrogen-bond acceptors (Lipinski definition) is 7. The lowest BCUT2D eigenvalue weighted by atomic mass is 9.92. The number of rotatable bonds is 6. The van der Waals surface area contributed by atoms with Crippen LogP contribution in [-0.4, -0.2) is 69.6 Å². The second kappa shape index (κ2) is 5.25. The molecule has 0 aromatic heterocycles. The number of hydrogen-bond donors (Lipinski definition) is 4. The molecule has 0 aromatic rings. The summed E-state index contributed by atoms with van der Waals surface area (Å²) in [6, 6.07) is 0. The number of aliphatic hydroxyl groups excluding tert-OH is 4. The van der Waals surface area contributed by atoms with Crippen LogP contribution in [0, 0.1) is 0 Å². The van der Waals surface area contributed by atoms with Crippen LogP contribution in [0.15, 0.2) is 0 Å². The van der Waals surface area contributed by atoms with Crippen molar-refractivity contribution in [3.8, 4) is 0 Å². The zero-order valence-corrected chi connectivity index (χ0v) is 11.2. The van der Waals surface area contributed by atoms with Gasteiger partial charge in [-0.05, 0) is 13.8 Å². The van der Waals surface area contributed by atoms with E-state index in [2.05, 4.69) is 0 Å². The first-order valence-electron chi connectivity index (χ1n) is 6.51. The lowest BCUT2D eigenvalue weighted by Gasteiger charge is -2.57. The molecule has 112 valence electrons. The van der Waals surface area contributed by atoms with Gasteiger partial charge in [0.05, 0.1) is 25.4 Å². The summed E-state index contributed by atoms with van der Waals surface area (Å²) in [6.45, 7) is 2.58. The van der Waals surface area contributed by atoms with Gasteiger partial charge < -0.3 is 34.6 Å². The van der Waals surface area contributed by atoms with Crippen molar-refractivity contribution in [3.63, 3.8) is 0 Å². The Labute approximate surface area is 111 Å². The Morgan fingerprint density at radius 1 is 1.00 bits per heavy atom. The predicted molar refractivity (Wildman–Crippen MR) is 63.1 cm³/mol. The number of aliphatic hydroxyl groups is 4. The lowest BCUT2D eigenvalue weighted by Crippen LogP contribution is -2.70. The van der Waals surface area contributed by atoms with Gasteiger partial charge in [0.2, 0.25) is 11.6 Å². The molecule has 7 heteroatoms. The Balaban J connectivity index is 2.11. The van der Waals surface area contributed by atoms with Gasteiger partial charge in [0.1, 0.15) is 12.2 Å². The molecule has 0 aromatic carbocycles. The fourth-order valence-corrected chi connectivity index (χ4v) is 2.73. The van der Waals surface area contributed by atoms with Gasteiger partial charge >= 0.3 is 0 Å². The molecule has 0 spiro atoms. The van der Waals surface area contributed by atoms with E-state index in [4.69, 9.17) is 24.4 Å². The highest BCUT2D eigenvalue weighted by atomic mass is 16.8. The summed E-state index contributed by atoms with van der Waals surface area (Å²) in [7, 11) is 0. The second-order valence-electron chi connectivity index (χ2n) is 5.39. The fourth-order valence-electron chi connectivity index (χ4n) is 2.73. The summed E-state index contributed by atoms with van der Waals surface area (Å²) in [6.07, 6.45) is -1.92. The molecule has 4 N–H and O–H groups in total. The fraction of sp³-hybridized carbons (Fsp3) is 1.00. The highest BCUT2D eigenvalue weighted by Gasteiger charge is 2.61. The van der Waals surface area contributed by atoms with E-state index in [0.717, 1.165) is 0 Å². The third kappa shape index (κ3) is 2.52. The van der Waals surface area contributed by atoms with Crippen molar-refractivity contribution in [1.82, 2.24) is 0 Å². The minimum Gasteiger partial charge on any atom is -0.393 e. The molecule has 2 saturated heterocycles. The van der Waals surface area contributed by atoms with Crippen molar-refractivity contribution >= 4 is 0 Å². The second-order valence-corrected chi connectivity index (χ2v) is 5.39. The van der Waals surface area contributed by atoms with Crippen LogP contribution in [0.3, 0.4) is 0 Å². The summed E-state index contributed by atoms with van der Waals surface area (Å²) in [5.41, 5.74) is 0. The Bertz CT molecular complexity index is 279. The maximum atomic E-state index is 9.85. The Morgan fingerprint density at radius 2 is 1.32 bits per heavy atom. The van der Waals surface area contributed by atoms with E-state index in [1.165, 1.54) is 0 Å². The van der Waals surface area contributed by atoms with Crippen LogP contribution in [0.25, 0.3) is 0 Å². The monoisotopic (exact) mass is 278 g/mol. The normalized spacial score (nSPS) is 45.2. The SMILES string of the molecule is CC1CC(OC2(C(O)CO)CC(C)O2)(C(O)CO)O1. The molecular formula is C12H22O7. The first-order chi connectivity index (χ1) is 8.87. The van der Waals surface area contributed by atoms with Crippen LogP contribution in [0.1, 0.15) is 26.7 Å². The van der Waals surface area contributed by atoms with Crippen molar-refractivity contribution < 1.29 is 34.6 Å².